The molecule has 9 nitrogen and oxygen atoms in total. The Balaban J connectivity index is 2.96. The number of carbonyl (C=O) groups excluding carboxylic acids is 2. The van der Waals surface area contributed by atoms with E-state index in [4.69, 9.17) is 14.8 Å². The van der Waals surface area contributed by atoms with Crippen molar-refractivity contribution in [1.29, 1.82) is 0 Å². The molecule has 0 aromatic heterocycles. The molecular formula is C19H35BN2O7. The fraction of sp³-hybridized carbons (Fsp3) is 0.842. The number of carboxylic acids is 1. The van der Waals surface area contributed by atoms with Crippen LogP contribution in [0.1, 0.15) is 60.3 Å². The van der Waals surface area contributed by atoms with E-state index in [-0.39, 0.29) is 24.7 Å². The first kappa shape index (κ1) is 25.2. The first-order valence-electron chi connectivity index (χ1n) is 10.1. The van der Waals surface area contributed by atoms with Crippen molar-refractivity contribution in [2.45, 2.75) is 78.3 Å². The van der Waals surface area contributed by atoms with Crippen LogP contribution in [0.25, 0.3) is 0 Å². The summed E-state index contributed by atoms with van der Waals surface area (Å²) < 4.78 is 5.25. The summed E-state index contributed by atoms with van der Waals surface area (Å²) in [7, 11) is -1.47. The quantitative estimate of drug-likeness (QED) is 0.442. The Kier molecular flexibility index (Phi) is 8.95. The molecular weight excluding hydrogens is 379 g/mol. The van der Waals surface area contributed by atoms with Crippen molar-refractivity contribution in [3.8, 4) is 0 Å². The summed E-state index contributed by atoms with van der Waals surface area (Å²) in [5.74, 6) is -1.53. The lowest BCUT2D eigenvalue weighted by Gasteiger charge is -2.43. The molecule has 166 valence electrons. The second kappa shape index (κ2) is 10.3. The molecule has 0 saturated carbocycles. The number of nitrogens with one attached hydrogen (secondary N) is 1. The van der Waals surface area contributed by atoms with Gasteiger partial charge < -0.3 is 30.1 Å². The molecule has 0 aromatic carbocycles. The summed E-state index contributed by atoms with van der Waals surface area (Å²) in [6.45, 7) is 9.01. The SMILES string of the molecule is CCC[C@H](NC(=O)OC(C)(C)C)C(=O)N1C[C@@H](CCB(O)O)C[C@](C)(C(=O)O)C1. The van der Waals surface area contributed by atoms with Crippen LogP contribution in [0.3, 0.4) is 0 Å². The molecule has 1 fully saturated rings. The summed E-state index contributed by atoms with van der Waals surface area (Å²) in [6, 6.07) is -0.810. The Labute approximate surface area is 172 Å². The van der Waals surface area contributed by atoms with Gasteiger partial charge in [0.05, 0.1) is 5.41 Å². The van der Waals surface area contributed by atoms with Crippen molar-refractivity contribution in [1.82, 2.24) is 10.2 Å². The van der Waals surface area contributed by atoms with E-state index >= 15 is 0 Å². The number of hydrogen-bond acceptors (Lipinski definition) is 6. The van der Waals surface area contributed by atoms with E-state index in [0.717, 1.165) is 0 Å². The molecule has 1 heterocycles. The largest absolute Gasteiger partial charge is 0.481 e. The molecule has 1 aliphatic rings. The van der Waals surface area contributed by atoms with Crippen LogP contribution in [0.2, 0.25) is 6.32 Å². The highest BCUT2D eigenvalue weighted by molar-refractivity contribution is 6.40. The lowest BCUT2D eigenvalue weighted by atomic mass is 9.72. The highest BCUT2D eigenvalue weighted by atomic mass is 16.6. The second-order valence-electron chi connectivity index (χ2n) is 9.20. The molecule has 4 N–H and O–H groups in total. The van der Waals surface area contributed by atoms with E-state index in [9.17, 15) is 19.5 Å². The zero-order chi connectivity index (χ0) is 22.4. The van der Waals surface area contributed by atoms with Crippen LogP contribution in [0, 0.1) is 11.3 Å². The number of alkyl carbamates (subject to hydrolysis) is 1. The lowest BCUT2D eigenvalue weighted by molar-refractivity contribution is -0.156. The zero-order valence-corrected chi connectivity index (χ0v) is 18.1. The number of likely N-dealkylation sites (tertiary alicyclic amines) is 1. The van der Waals surface area contributed by atoms with Crippen LogP contribution in [0.4, 0.5) is 4.79 Å². The number of carbonyl (C=O) groups is 3. The van der Waals surface area contributed by atoms with Gasteiger partial charge in [0.1, 0.15) is 11.6 Å². The molecule has 0 bridgehead atoms. The van der Waals surface area contributed by atoms with Crippen LogP contribution in [-0.4, -0.2) is 69.9 Å². The monoisotopic (exact) mass is 414 g/mol. The van der Waals surface area contributed by atoms with Gasteiger partial charge in [-0.15, -0.1) is 0 Å². The van der Waals surface area contributed by atoms with Gasteiger partial charge in [0, 0.05) is 13.1 Å². The van der Waals surface area contributed by atoms with Crippen molar-refractivity contribution >= 4 is 25.1 Å². The minimum atomic E-state index is -1.47. The summed E-state index contributed by atoms with van der Waals surface area (Å²) in [4.78, 5) is 38.6. The summed E-state index contributed by atoms with van der Waals surface area (Å²) >= 11 is 0. The van der Waals surface area contributed by atoms with Gasteiger partial charge >= 0.3 is 19.2 Å². The summed E-state index contributed by atoms with van der Waals surface area (Å²) in [5.41, 5.74) is -1.84. The average Bonchev–Trinajstić information content (AvgIpc) is 2.56. The number of nitrogens with zero attached hydrogens (tertiary/aromatic N) is 1. The van der Waals surface area contributed by atoms with Crippen LogP contribution in [0.15, 0.2) is 0 Å². The second-order valence-corrected chi connectivity index (χ2v) is 9.20. The number of rotatable bonds is 8. The van der Waals surface area contributed by atoms with Crippen molar-refractivity contribution < 1.29 is 34.3 Å². The van der Waals surface area contributed by atoms with Crippen LogP contribution >= 0.6 is 0 Å². The Morgan fingerprint density at radius 1 is 1.31 bits per heavy atom. The predicted octanol–water partition coefficient (Wildman–Crippen LogP) is 1.48. The van der Waals surface area contributed by atoms with E-state index in [1.54, 1.807) is 27.7 Å². The normalized spacial score (nSPS) is 23.3. The van der Waals surface area contributed by atoms with Gasteiger partial charge in [-0.25, -0.2) is 4.79 Å². The highest BCUT2D eigenvalue weighted by Crippen LogP contribution is 2.36. The molecule has 2 amide bonds. The third-order valence-corrected chi connectivity index (χ3v) is 4.99. The lowest BCUT2D eigenvalue weighted by Crippen LogP contribution is -2.57. The summed E-state index contributed by atoms with van der Waals surface area (Å²) in [6.07, 6.45) is 1.20. The van der Waals surface area contributed by atoms with E-state index in [0.29, 0.717) is 32.2 Å². The van der Waals surface area contributed by atoms with E-state index < -0.39 is 36.2 Å². The summed E-state index contributed by atoms with van der Waals surface area (Å²) in [5, 5.41) is 30.6. The molecule has 0 unspecified atom stereocenters. The van der Waals surface area contributed by atoms with Gasteiger partial charge in [-0.1, -0.05) is 19.8 Å². The Morgan fingerprint density at radius 3 is 2.41 bits per heavy atom. The Hall–Kier alpha value is -1.81. The number of amides is 2. The molecule has 0 spiro atoms. The van der Waals surface area contributed by atoms with E-state index in [1.807, 2.05) is 6.92 Å². The fourth-order valence-corrected chi connectivity index (χ4v) is 3.68. The van der Waals surface area contributed by atoms with Crippen molar-refractivity contribution in [3.05, 3.63) is 0 Å². The van der Waals surface area contributed by atoms with Gasteiger partial charge in [0.15, 0.2) is 0 Å². The number of aliphatic carboxylic acids is 1. The van der Waals surface area contributed by atoms with Gasteiger partial charge in [0.2, 0.25) is 5.91 Å². The van der Waals surface area contributed by atoms with Gasteiger partial charge in [0.25, 0.3) is 0 Å². The topological polar surface area (TPSA) is 136 Å². The molecule has 0 radical (unpaired) electrons. The maximum Gasteiger partial charge on any atom is 0.451 e. The van der Waals surface area contributed by atoms with Crippen LogP contribution in [0.5, 0.6) is 0 Å². The minimum absolute atomic E-state index is 0.0373. The first-order valence-corrected chi connectivity index (χ1v) is 10.1. The molecule has 29 heavy (non-hydrogen) atoms. The third-order valence-electron chi connectivity index (χ3n) is 4.99. The number of ether oxygens (including phenoxy) is 1. The van der Waals surface area contributed by atoms with Gasteiger partial charge in [-0.3, -0.25) is 9.59 Å². The van der Waals surface area contributed by atoms with Gasteiger partial charge in [-0.2, -0.15) is 0 Å². The van der Waals surface area contributed by atoms with Crippen molar-refractivity contribution in [2.24, 2.45) is 11.3 Å². The molecule has 10 heteroatoms. The van der Waals surface area contributed by atoms with E-state index in [2.05, 4.69) is 5.32 Å². The van der Waals surface area contributed by atoms with Gasteiger partial charge in [-0.05, 0) is 52.8 Å². The molecule has 0 aliphatic carbocycles. The van der Waals surface area contributed by atoms with E-state index in [1.165, 1.54) is 4.90 Å². The molecule has 0 aromatic rings. The average molecular weight is 414 g/mol. The fourth-order valence-electron chi connectivity index (χ4n) is 3.68. The van der Waals surface area contributed by atoms with Crippen LogP contribution in [-0.2, 0) is 14.3 Å². The predicted molar refractivity (Wildman–Crippen MR) is 108 cm³/mol. The standard InChI is InChI=1S/C19H35BN2O7/c1-6-7-14(21-17(26)29-18(2,3)4)15(23)22-11-13(8-9-20(27)28)10-19(5,12-22)16(24)25/h13-14,27-28H,6-12H2,1-5H3,(H,21,26)(H,24,25)/t13-,14-,19-/m0/s1. The number of carboxylic acid groups (broad SMARTS) is 1. The highest BCUT2D eigenvalue weighted by Gasteiger charge is 2.44. The zero-order valence-electron chi connectivity index (χ0n) is 18.1. The Morgan fingerprint density at radius 2 is 1.93 bits per heavy atom. The maximum atomic E-state index is 13.1. The smallest absolute Gasteiger partial charge is 0.451 e. The Bertz CT molecular complexity index is 594. The molecule has 3 atom stereocenters. The minimum Gasteiger partial charge on any atom is -0.481 e. The maximum absolute atomic E-state index is 13.1. The number of piperidine rings is 1. The third kappa shape index (κ3) is 8.22. The van der Waals surface area contributed by atoms with Crippen LogP contribution < -0.4 is 5.32 Å². The number of hydrogen-bond donors (Lipinski definition) is 4. The molecule has 1 aliphatic heterocycles. The van der Waals surface area contributed by atoms with Crippen molar-refractivity contribution in [2.75, 3.05) is 13.1 Å². The molecule has 1 saturated heterocycles. The molecule has 1 rings (SSSR count). The first-order chi connectivity index (χ1) is 13.3. The van der Waals surface area contributed by atoms with Crippen molar-refractivity contribution in [3.63, 3.8) is 0 Å².